The Bertz CT molecular complexity index is 469. The van der Waals surface area contributed by atoms with Gasteiger partial charge in [-0.3, -0.25) is 4.79 Å². The van der Waals surface area contributed by atoms with E-state index in [-0.39, 0.29) is 19.1 Å². The first-order valence-electron chi connectivity index (χ1n) is 6.34. The number of carboxylic acids is 1. The van der Waals surface area contributed by atoms with Crippen molar-refractivity contribution in [1.82, 2.24) is 4.90 Å². The van der Waals surface area contributed by atoms with Crippen LogP contribution in [0.3, 0.4) is 0 Å². The van der Waals surface area contributed by atoms with Gasteiger partial charge in [0.05, 0.1) is 13.2 Å². The number of hydrogen-bond acceptors (Lipinski definition) is 3. The molecule has 1 aromatic rings. The molecule has 1 fully saturated rings. The summed E-state index contributed by atoms with van der Waals surface area (Å²) in [5.41, 5.74) is 1.75. The Hall–Kier alpha value is -1.88. The lowest BCUT2D eigenvalue weighted by atomic mass is 10.1. The summed E-state index contributed by atoms with van der Waals surface area (Å²) in [6, 6.07) is 7.41. The highest BCUT2D eigenvalue weighted by atomic mass is 16.5. The topological polar surface area (TPSA) is 66.8 Å². The van der Waals surface area contributed by atoms with Gasteiger partial charge in [-0.1, -0.05) is 19.1 Å². The van der Waals surface area contributed by atoms with Gasteiger partial charge < -0.3 is 14.7 Å². The SMILES string of the molecule is CCc1ccc(C(=O)N2CCOC(C(=O)O)C2)cc1. The van der Waals surface area contributed by atoms with Gasteiger partial charge in [-0.15, -0.1) is 0 Å². The van der Waals surface area contributed by atoms with Crippen LogP contribution in [0.1, 0.15) is 22.8 Å². The number of hydrogen-bond donors (Lipinski definition) is 1. The molecular formula is C14H17NO4. The molecule has 0 bridgehead atoms. The van der Waals surface area contributed by atoms with E-state index in [1.54, 1.807) is 12.1 Å². The van der Waals surface area contributed by atoms with Crippen molar-refractivity contribution in [3.63, 3.8) is 0 Å². The molecule has 0 saturated carbocycles. The normalized spacial score (nSPS) is 19.2. The van der Waals surface area contributed by atoms with E-state index in [2.05, 4.69) is 6.92 Å². The van der Waals surface area contributed by atoms with Crippen molar-refractivity contribution in [2.24, 2.45) is 0 Å². The van der Waals surface area contributed by atoms with E-state index < -0.39 is 12.1 Å². The van der Waals surface area contributed by atoms with Crippen LogP contribution in [-0.2, 0) is 16.0 Å². The number of rotatable bonds is 3. The summed E-state index contributed by atoms with van der Waals surface area (Å²) in [5, 5.41) is 8.91. The Morgan fingerprint density at radius 3 is 2.63 bits per heavy atom. The fourth-order valence-corrected chi connectivity index (χ4v) is 2.05. The number of amides is 1. The van der Waals surface area contributed by atoms with Crippen LogP contribution in [0.5, 0.6) is 0 Å². The highest BCUT2D eigenvalue weighted by Gasteiger charge is 2.29. The molecule has 5 heteroatoms. The molecule has 1 saturated heterocycles. The quantitative estimate of drug-likeness (QED) is 0.889. The Labute approximate surface area is 111 Å². The molecule has 1 aliphatic heterocycles. The number of carbonyl (C=O) groups excluding carboxylic acids is 1. The van der Waals surface area contributed by atoms with Gasteiger partial charge in [0.2, 0.25) is 0 Å². The fraction of sp³-hybridized carbons (Fsp3) is 0.429. The molecule has 5 nitrogen and oxygen atoms in total. The predicted octanol–water partition coefficient (Wildman–Crippen LogP) is 1.17. The second-order valence-electron chi connectivity index (χ2n) is 4.50. The molecule has 0 radical (unpaired) electrons. The summed E-state index contributed by atoms with van der Waals surface area (Å²) in [6.07, 6.45) is 0.000219. The standard InChI is InChI=1S/C14H17NO4/c1-2-10-3-5-11(6-4-10)13(16)15-7-8-19-12(9-15)14(17)18/h3-6,12H,2,7-9H2,1H3,(H,17,18). The molecule has 1 aliphatic rings. The van der Waals surface area contributed by atoms with Crippen LogP contribution in [0.15, 0.2) is 24.3 Å². The van der Waals surface area contributed by atoms with E-state index >= 15 is 0 Å². The van der Waals surface area contributed by atoms with Gasteiger partial charge in [-0.05, 0) is 24.1 Å². The molecule has 1 aromatic carbocycles. The van der Waals surface area contributed by atoms with Crippen molar-refractivity contribution in [3.05, 3.63) is 35.4 Å². The van der Waals surface area contributed by atoms with Crippen molar-refractivity contribution >= 4 is 11.9 Å². The number of ether oxygens (including phenoxy) is 1. The van der Waals surface area contributed by atoms with Crippen LogP contribution in [0.2, 0.25) is 0 Å². The second kappa shape index (κ2) is 5.84. The zero-order chi connectivity index (χ0) is 13.8. The van der Waals surface area contributed by atoms with E-state index in [1.165, 1.54) is 10.5 Å². The number of nitrogens with zero attached hydrogens (tertiary/aromatic N) is 1. The molecule has 0 aliphatic carbocycles. The highest BCUT2D eigenvalue weighted by Crippen LogP contribution is 2.12. The third kappa shape index (κ3) is 3.12. The first-order valence-corrected chi connectivity index (χ1v) is 6.34. The van der Waals surface area contributed by atoms with Crippen LogP contribution in [0, 0.1) is 0 Å². The maximum Gasteiger partial charge on any atom is 0.334 e. The first kappa shape index (κ1) is 13.5. The van der Waals surface area contributed by atoms with E-state index in [9.17, 15) is 9.59 Å². The number of morpholine rings is 1. The van der Waals surface area contributed by atoms with Crippen LogP contribution in [0.4, 0.5) is 0 Å². The van der Waals surface area contributed by atoms with Crippen LogP contribution in [-0.4, -0.2) is 47.7 Å². The summed E-state index contributed by atoms with van der Waals surface area (Å²) in [4.78, 5) is 24.7. The van der Waals surface area contributed by atoms with Gasteiger partial charge in [0.15, 0.2) is 6.10 Å². The molecular weight excluding hydrogens is 246 g/mol. The Morgan fingerprint density at radius 2 is 2.05 bits per heavy atom. The zero-order valence-corrected chi connectivity index (χ0v) is 10.8. The summed E-state index contributed by atoms with van der Waals surface area (Å²) < 4.78 is 5.10. The van der Waals surface area contributed by atoms with Gasteiger partial charge in [0.25, 0.3) is 5.91 Å². The minimum absolute atomic E-state index is 0.101. The average Bonchev–Trinajstić information content (AvgIpc) is 2.46. The van der Waals surface area contributed by atoms with E-state index in [0.717, 1.165) is 6.42 Å². The van der Waals surface area contributed by atoms with Crippen LogP contribution >= 0.6 is 0 Å². The molecule has 19 heavy (non-hydrogen) atoms. The van der Waals surface area contributed by atoms with Gasteiger partial charge in [0.1, 0.15) is 0 Å². The van der Waals surface area contributed by atoms with Crippen molar-refractivity contribution in [3.8, 4) is 0 Å². The largest absolute Gasteiger partial charge is 0.479 e. The summed E-state index contributed by atoms with van der Waals surface area (Å²) in [6.45, 7) is 2.84. The number of aliphatic carboxylic acids is 1. The maximum atomic E-state index is 12.2. The van der Waals surface area contributed by atoms with E-state index in [0.29, 0.717) is 12.1 Å². The van der Waals surface area contributed by atoms with E-state index in [4.69, 9.17) is 9.84 Å². The van der Waals surface area contributed by atoms with Gasteiger partial charge in [-0.2, -0.15) is 0 Å². The third-order valence-corrected chi connectivity index (χ3v) is 3.24. The van der Waals surface area contributed by atoms with Gasteiger partial charge >= 0.3 is 5.97 Å². The van der Waals surface area contributed by atoms with Crippen molar-refractivity contribution in [1.29, 1.82) is 0 Å². The summed E-state index contributed by atoms with van der Waals surface area (Å²) in [5.74, 6) is -1.17. The maximum absolute atomic E-state index is 12.2. The minimum atomic E-state index is -1.03. The lowest BCUT2D eigenvalue weighted by Gasteiger charge is -2.30. The van der Waals surface area contributed by atoms with Gasteiger partial charge in [0, 0.05) is 12.1 Å². The van der Waals surface area contributed by atoms with Gasteiger partial charge in [-0.25, -0.2) is 4.79 Å². The van der Waals surface area contributed by atoms with E-state index in [1.807, 2.05) is 12.1 Å². The zero-order valence-electron chi connectivity index (χ0n) is 10.8. The Balaban J connectivity index is 2.07. The smallest absolute Gasteiger partial charge is 0.334 e. The highest BCUT2D eigenvalue weighted by molar-refractivity contribution is 5.94. The molecule has 0 spiro atoms. The fourth-order valence-electron chi connectivity index (χ4n) is 2.05. The van der Waals surface area contributed by atoms with Crippen molar-refractivity contribution < 1.29 is 19.4 Å². The second-order valence-corrected chi connectivity index (χ2v) is 4.50. The molecule has 1 amide bonds. The lowest BCUT2D eigenvalue weighted by molar-refractivity contribution is -0.154. The van der Waals surface area contributed by atoms with Crippen molar-refractivity contribution in [2.75, 3.05) is 19.7 Å². The molecule has 102 valence electrons. The average molecular weight is 263 g/mol. The minimum Gasteiger partial charge on any atom is -0.479 e. The number of carboxylic acid groups (broad SMARTS) is 1. The number of carbonyl (C=O) groups is 2. The lowest BCUT2D eigenvalue weighted by Crippen LogP contribution is -2.48. The number of aryl methyl sites for hydroxylation is 1. The Kier molecular flexibility index (Phi) is 4.16. The first-order chi connectivity index (χ1) is 9.11. The molecule has 1 unspecified atom stereocenters. The summed E-state index contributed by atoms with van der Waals surface area (Å²) in [7, 11) is 0. The summed E-state index contributed by atoms with van der Waals surface area (Å²) >= 11 is 0. The monoisotopic (exact) mass is 263 g/mol. The molecule has 1 N–H and O–H groups in total. The molecule has 1 atom stereocenters. The van der Waals surface area contributed by atoms with Crippen LogP contribution in [0.25, 0.3) is 0 Å². The van der Waals surface area contributed by atoms with Crippen molar-refractivity contribution in [2.45, 2.75) is 19.4 Å². The predicted molar refractivity (Wildman–Crippen MR) is 69.1 cm³/mol. The van der Waals surface area contributed by atoms with Crippen LogP contribution < -0.4 is 0 Å². The number of benzene rings is 1. The molecule has 0 aromatic heterocycles. The third-order valence-electron chi connectivity index (χ3n) is 3.24. The Morgan fingerprint density at radius 1 is 1.37 bits per heavy atom. The molecule has 1 heterocycles. The molecule has 2 rings (SSSR count).